The maximum absolute atomic E-state index is 6.78. The van der Waals surface area contributed by atoms with Gasteiger partial charge in [0.25, 0.3) is 0 Å². The lowest BCUT2D eigenvalue weighted by atomic mass is 10.2. The number of para-hydroxylation sites is 2. The molecule has 2 rings (SSSR count). The minimum Gasteiger partial charge on any atom is -0.501 e. The quantitative estimate of drug-likeness (QED) is 0.323. The molecule has 0 N–H and O–H groups in total. The van der Waals surface area contributed by atoms with E-state index >= 15 is 0 Å². The zero-order chi connectivity index (χ0) is 15.7. The first-order chi connectivity index (χ1) is 10.7. The zero-order valence-electron chi connectivity index (χ0n) is 13.0. The Hall–Kier alpha value is -1.45. The highest BCUT2D eigenvalue weighted by Crippen LogP contribution is 2.27. The molecule has 0 unspecified atom stereocenters. The Morgan fingerprint density at radius 3 is 1.73 bits per heavy atom. The van der Waals surface area contributed by atoms with Gasteiger partial charge in [0.05, 0.1) is 0 Å². The van der Waals surface area contributed by atoms with Crippen LogP contribution in [-0.4, -0.2) is 7.87 Å². The van der Waals surface area contributed by atoms with Crippen LogP contribution in [-0.2, 0) is 0 Å². The van der Waals surface area contributed by atoms with Crippen molar-refractivity contribution in [2.45, 2.75) is 38.7 Å². The molecule has 0 aliphatic carbocycles. The average Bonchev–Trinajstić information content (AvgIpc) is 2.53. The number of hydrogen-bond donors (Lipinski definition) is 0. The van der Waals surface area contributed by atoms with Crippen molar-refractivity contribution in [3.63, 3.8) is 0 Å². The number of benzene rings is 2. The molecule has 118 valence electrons. The molecule has 4 heteroatoms. The molecule has 0 aliphatic rings. The van der Waals surface area contributed by atoms with E-state index in [-0.39, 0.29) is 0 Å². The molecular formula is C18H23ClO2Si. The molecule has 2 aromatic carbocycles. The summed E-state index contributed by atoms with van der Waals surface area (Å²) in [6.07, 6.45) is 4.62. The number of rotatable bonds is 9. The largest absolute Gasteiger partial charge is 0.569 e. The van der Waals surface area contributed by atoms with Gasteiger partial charge < -0.3 is 8.85 Å². The first-order valence-corrected chi connectivity index (χ1v) is 10.9. The molecule has 0 spiro atoms. The molecule has 0 saturated heterocycles. The van der Waals surface area contributed by atoms with Crippen LogP contribution in [0.25, 0.3) is 0 Å². The van der Waals surface area contributed by atoms with Crippen LogP contribution in [0, 0.1) is 0 Å². The fourth-order valence-corrected chi connectivity index (χ4v) is 5.04. The van der Waals surface area contributed by atoms with Crippen LogP contribution >= 0.6 is 11.1 Å². The summed E-state index contributed by atoms with van der Waals surface area (Å²) in [5, 5.41) is 0. The third-order valence-corrected chi connectivity index (χ3v) is 6.42. The highest BCUT2D eigenvalue weighted by molar-refractivity contribution is 7.13. The van der Waals surface area contributed by atoms with Crippen LogP contribution in [0.5, 0.6) is 11.5 Å². The second-order valence-corrected chi connectivity index (χ2v) is 9.26. The Labute approximate surface area is 139 Å². The molecular weight excluding hydrogens is 312 g/mol. The monoisotopic (exact) mass is 334 g/mol. The van der Waals surface area contributed by atoms with Gasteiger partial charge in [0.2, 0.25) is 0 Å². The van der Waals surface area contributed by atoms with Crippen LogP contribution in [0.3, 0.4) is 0 Å². The summed E-state index contributed by atoms with van der Waals surface area (Å²) in [4.78, 5) is 0. The summed E-state index contributed by atoms with van der Waals surface area (Å²) >= 11 is 6.78. The standard InChI is InChI=1S/C18H23ClO2Si/c1-2-3-4-11-16-22(19,20-17-12-7-5-8-13-17)21-18-14-9-6-10-15-18/h5-10,12-15H,2-4,11,16H2,1H3. The lowest BCUT2D eigenvalue weighted by Crippen LogP contribution is -2.42. The van der Waals surface area contributed by atoms with Gasteiger partial charge in [-0.2, -0.15) is 0 Å². The van der Waals surface area contributed by atoms with E-state index in [2.05, 4.69) is 6.92 Å². The van der Waals surface area contributed by atoms with Crippen LogP contribution in [0.1, 0.15) is 32.6 Å². The van der Waals surface area contributed by atoms with Crippen molar-refractivity contribution in [1.29, 1.82) is 0 Å². The summed E-state index contributed by atoms with van der Waals surface area (Å²) in [5.41, 5.74) is 0. The van der Waals surface area contributed by atoms with Crippen LogP contribution in [0.15, 0.2) is 60.7 Å². The SMILES string of the molecule is CCCCCC[Si](Cl)(Oc1ccccc1)Oc1ccccc1. The van der Waals surface area contributed by atoms with Crippen molar-refractivity contribution in [1.82, 2.24) is 0 Å². The Kier molecular flexibility index (Phi) is 6.81. The molecule has 0 amide bonds. The van der Waals surface area contributed by atoms with E-state index in [4.69, 9.17) is 19.9 Å². The fraction of sp³-hybridized carbons (Fsp3) is 0.333. The van der Waals surface area contributed by atoms with E-state index in [1.807, 2.05) is 60.7 Å². The summed E-state index contributed by atoms with van der Waals surface area (Å²) in [6.45, 7) is 2.20. The molecule has 0 aromatic heterocycles. The van der Waals surface area contributed by atoms with Crippen LogP contribution in [0.2, 0.25) is 6.04 Å². The molecule has 2 aromatic rings. The van der Waals surface area contributed by atoms with Crippen molar-refractivity contribution in [3.8, 4) is 11.5 Å². The van der Waals surface area contributed by atoms with Crippen molar-refractivity contribution in [2.75, 3.05) is 0 Å². The molecule has 0 atom stereocenters. The molecule has 0 aliphatic heterocycles. The van der Waals surface area contributed by atoms with Crippen LogP contribution in [0.4, 0.5) is 0 Å². The Morgan fingerprint density at radius 2 is 1.27 bits per heavy atom. The molecule has 0 bridgehead atoms. The zero-order valence-corrected chi connectivity index (χ0v) is 14.8. The maximum atomic E-state index is 6.78. The van der Waals surface area contributed by atoms with Crippen molar-refractivity contribution < 1.29 is 8.85 Å². The van der Waals surface area contributed by atoms with Crippen LogP contribution < -0.4 is 8.85 Å². The van der Waals surface area contributed by atoms with Gasteiger partial charge in [0, 0.05) is 6.04 Å². The molecule has 0 radical (unpaired) electrons. The lowest BCUT2D eigenvalue weighted by Gasteiger charge is -2.25. The Balaban J connectivity index is 2.05. The van der Waals surface area contributed by atoms with Gasteiger partial charge in [0.1, 0.15) is 11.5 Å². The van der Waals surface area contributed by atoms with E-state index in [1.54, 1.807) is 0 Å². The van der Waals surface area contributed by atoms with Crippen molar-refractivity contribution in [2.24, 2.45) is 0 Å². The topological polar surface area (TPSA) is 18.5 Å². The highest BCUT2D eigenvalue weighted by atomic mass is 35.6. The summed E-state index contributed by atoms with van der Waals surface area (Å²) in [5.74, 6) is 1.55. The normalized spacial score (nSPS) is 11.2. The fourth-order valence-electron chi connectivity index (χ4n) is 2.21. The Bertz CT molecular complexity index is 492. The van der Waals surface area contributed by atoms with E-state index in [0.717, 1.165) is 30.4 Å². The summed E-state index contributed by atoms with van der Waals surface area (Å²) in [6, 6.07) is 20.2. The second-order valence-electron chi connectivity index (χ2n) is 5.30. The number of halogens is 1. The Morgan fingerprint density at radius 1 is 0.773 bits per heavy atom. The van der Waals surface area contributed by atoms with Gasteiger partial charge in [-0.1, -0.05) is 73.7 Å². The van der Waals surface area contributed by atoms with Gasteiger partial charge in [-0.25, -0.2) is 0 Å². The lowest BCUT2D eigenvalue weighted by molar-refractivity contribution is 0.404. The van der Waals surface area contributed by atoms with E-state index in [1.165, 1.54) is 12.8 Å². The maximum Gasteiger partial charge on any atom is 0.569 e. The predicted octanol–water partition coefficient (Wildman–Crippen LogP) is 5.90. The smallest absolute Gasteiger partial charge is 0.501 e. The molecule has 0 fully saturated rings. The number of unbranched alkanes of at least 4 members (excludes halogenated alkanes) is 3. The third kappa shape index (κ3) is 5.74. The van der Waals surface area contributed by atoms with Gasteiger partial charge >= 0.3 is 7.87 Å². The predicted molar refractivity (Wildman–Crippen MR) is 94.7 cm³/mol. The summed E-state index contributed by atoms with van der Waals surface area (Å²) < 4.78 is 12.1. The van der Waals surface area contributed by atoms with E-state index in [0.29, 0.717) is 0 Å². The molecule has 22 heavy (non-hydrogen) atoms. The second kappa shape index (κ2) is 8.86. The molecule has 2 nitrogen and oxygen atoms in total. The molecule has 0 saturated carbocycles. The van der Waals surface area contributed by atoms with Gasteiger partial charge in [-0.05, 0) is 30.7 Å². The van der Waals surface area contributed by atoms with Gasteiger partial charge in [-0.15, -0.1) is 0 Å². The summed E-state index contributed by atoms with van der Waals surface area (Å²) in [7, 11) is -2.81. The average molecular weight is 335 g/mol. The first-order valence-electron chi connectivity index (χ1n) is 7.89. The van der Waals surface area contributed by atoms with Crippen molar-refractivity contribution in [3.05, 3.63) is 60.7 Å². The minimum atomic E-state index is -2.81. The van der Waals surface area contributed by atoms with E-state index in [9.17, 15) is 0 Å². The van der Waals surface area contributed by atoms with E-state index < -0.39 is 7.87 Å². The first kappa shape index (κ1) is 16.9. The highest BCUT2D eigenvalue weighted by Gasteiger charge is 2.40. The van der Waals surface area contributed by atoms with Crippen molar-refractivity contribution >= 4 is 18.9 Å². The third-order valence-electron chi connectivity index (χ3n) is 3.36. The number of hydrogen-bond acceptors (Lipinski definition) is 2. The molecule has 0 heterocycles. The van der Waals surface area contributed by atoms with Gasteiger partial charge in [0.15, 0.2) is 0 Å². The van der Waals surface area contributed by atoms with Gasteiger partial charge in [-0.3, -0.25) is 0 Å². The minimum absolute atomic E-state index is 0.774.